The summed E-state index contributed by atoms with van der Waals surface area (Å²) >= 11 is 5.19. The van der Waals surface area contributed by atoms with Crippen LogP contribution in [0.5, 0.6) is 0 Å². The van der Waals surface area contributed by atoms with Crippen molar-refractivity contribution in [3.8, 4) is 0 Å². The predicted octanol–water partition coefficient (Wildman–Crippen LogP) is -0.0878. The Morgan fingerprint density at radius 2 is 2.38 bits per heavy atom. The van der Waals surface area contributed by atoms with Crippen molar-refractivity contribution in [3.05, 3.63) is 0 Å². The standard InChI is InChI=1S/C4H9ClN2O/c5-2-3(8)1-4(6)7/h3,8H,1-2H2,(H3,6,7)/t3-/m1/s1. The molecule has 0 spiro atoms. The molecule has 0 saturated heterocycles. The number of nitrogens with one attached hydrogen (secondary N) is 1. The first-order chi connectivity index (χ1) is 3.66. The average Bonchev–Trinajstić information content (AvgIpc) is 1.65. The van der Waals surface area contributed by atoms with Crippen LogP contribution in [0.3, 0.4) is 0 Å². The lowest BCUT2D eigenvalue weighted by atomic mass is 10.3. The van der Waals surface area contributed by atoms with Gasteiger partial charge in [-0.15, -0.1) is 11.6 Å². The van der Waals surface area contributed by atoms with Gasteiger partial charge in [-0.3, -0.25) is 5.41 Å². The lowest BCUT2D eigenvalue weighted by Crippen LogP contribution is -2.20. The van der Waals surface area contributed by atoms with Gasteiger partial charge in [-0.05, 0) is 0 Å². The molecule has 0 amide bonds. The second-order valence-corrected chi connectivity index (χ2v) is 1.85. The Kier molecular flexibility index (Phi) is 3.56. The highest BCUT2D eigenvalue weighted by atomic mass is 35.5. The number of aliphatic hydroxyl groups is 1. The van der Waals surface area contributed by atoms with E-state index in [9.17, 15) is 0 Å². The zero-order valence-corrected chi connectivity index (χ0v) is 5.15. The molecule has 0 heterocycles. The quantitative estimate of drug-likeness (QED) is 0.288. The Labute approximate surface area is 53.0 Å². The topological polar surface area (TPSA) is 70.1 Å². The SMILES string of the molecule is N=C(N)C[C@@H](O)CCl. The number of nitrogens with two attached hydrogens (primary N) is 1. The van der Waals surface area contributed by atoms with Crippen molar-refractivity contribution in [1.82, 2.24) is 0 Å². The Balaban J connectivity index is 3.24. The van der Waals surface area contributed by atoms with Gasteiger partial charge in [0, 0.05) is 12.3 Å². The van der Waals surface area contributed by atoms with Crippen LogP contribution in [0.4, 0.5) is 0 Å². The smallest absolute Gasteiger partial charge is 0.0931 e. The van der Waals surface area contributed by atoms with Crippen LogP contribution < -0.4 is 5.73 Å². The molecule has 0 aliphatic heterocycles. The molecule has 1 atom stereocenters. The second kappa shape index (κ2) is 3.69. The van der Waals surface area contributed by atoms with Crippen molar-refractivity contribution in [1.29, 1.82) is 5.41 Å². The molecule has 0 aromatic carbocycles. The number of aliphatic hydroxyl groups excluding tert-OH is 1. The van der Waals surface area contributed by atoms with Crippen molar-refractivity contribution in [2.45, 2.75) is 12.5 Å². The van der Waals surface area contributed by atoms with E-state index in [1.165, 1.54) is 0 Å². The van der Waals surface area contributed by atoms with Gasteiger partial charge in [0.15, 0.2) is 0 Å². The summed E-state index contributed by atoms with van der Waals surface area (Å²) in [6, 6.07) is 0. The summed E-state index contributed by atoms with van der Waals surface area (Å²) in [4.78, 5) is 0. The highest BCUT2D eigenvalue weighted by molar-refractivity contribution is 6.18. The summed E-state index contributed by atoms with van der Waals surface area (Å²) in [5, 5.41) is 15.4. The van der Waals surface area contributed by atoms with E-state index in [0.29, 0.717) is 0 Å². The molecular formula is C4H9ClN2O. The van der Waals surface area contributed by atoms with Crippen LogP contribution in [0.15, 0.2) is 0 Å². The van der Waals surface area contributed by atoms with Gasteiger partial charge in [0.05, 0.1) is 11.9 Å². The maximum atomic E-state index is 8.68. The molecule has 0 radical (unpaired) electrons. The molecule has 0 unspecified atom stereocenters. The van der Waals surface area contributed by atoms with Gasteiger partial charge in [0.2, 0.25) is 0 Å². The van der Waals surface area contributed by atoms with Crippen LogP contribution in [0.2, 0.25) is 0 Å². The molecule has 48 valence electrons. The van der Waals surface area contributed by atoms with Crippen molar-refractivity contribution in [2.24, 2.45) is 5.73 Å². The molecule has 0 fully saturated rings. The third kappa shape index (κ3) is 3.89. The van der Waals surface area contributed by atoms with E-state index in [1.54, 1.807) is 0 Å². The van der Waals surface area contributed by atoms with Crippen LogP contribution in [0.1, 0.15) is 6.42 Å². The molecule has 4 N–H and O–H groups in total. The van der Waals surface area contributed by atoms with Crippen LogP contribution in [0.25, 0.3) is 0 Å². The van der Waals surface area contributed by atoms with E-state index in [2.05, 4.69) is 0 Å². The van der Waals surface area contributed by atoms with Crippen LogP contribution in [-0.2, 0) is 0 Å². The van der Waals surface area contributed by atoms with Crippen molar-refractivity contribution < 1.29 is 5.11 Å². The molecule has 0 aromatic heterocycles. The van der Waals surface area contributed by atoms with E-state index in [0.717, 1.165) is 0 Å². The van der Waals surface area contributed by atoms with Gasteiger partial charge in [-0.2, -0.15) is 0 Å². The molecule has 0 bridgehead atoms. The Hall–Kier alpha value is -0.280. The predicted molar refractivity (Wildman–Crippen MR) is 33.3 cm³/mol. The third-order valence-electron chi connectivity index (χ3n) is 0.634. The van der Waals surface area contributed by atoms with Crippen LogP contribution in [-0.4, -0.2) is 22.9 Å². The first kappa shape index (κ1) is 7.72. The van der Waals surface area contributed by atoms with Gasteiger partial charge in [-0.1, -0.05) is 0 Å². The summed E-state index contributed by atoms with van der Waals surface area (Å²) in [5.41, 5.74) is 4.93. The van der Waals surface area contributed by atoms with E-state index in [1.807, 2.05) is 0 Å². The lowest BCUT2D eigenvalue weighted by Gasteiger charge is -2.01. The van der Waals surface area contributed by atoms with E-state index in [4.69, 9.17) is 27.9 Å². The number of hydrogen-bond acceptors (Lipinski definition) is 2. The molecule has 0 aromatic rings. The van der Waals surface area contributed by atoms with E-state index < -0.39 is 6.10 Å². The van der Waals surface area contributed by atoms with Gasteiger partial charge in [-0.25, -0.2) is 0 Å². The van der Waals surface area contributed by atoms with E-state index >= 15 is 0 Å². The summed E-state index contributed by atoms with van der Waals surface area (Å²) < 4.78 is 0. The first-order valence-electron chi connectivity index (χ1n) is 2.23. The van der Waals surface area contributed by atoms with Crippen LogP contribution >= 0.6 is 11.6 Å². The van der Waals surface area contributed by atoms with Crippen molar-refractivity contribution in [2.75, 3.05) is 5.88 Å². The monoisotopic (exact) mass is 136 g/mol. The van der Waals surface area contributed by atoms with Crippen molar-refractivity contribution >= 4 is 17.4 Å². The molecular weight excluding hydrogens is 128 g/mol. The Bertz CT molecular complexity index is 86.1. The second-order valence-electron chi connectivity index (χ2n) is 1.54. The minimum absolute atomic E-state index is 0.0295. The number of amidine groups is 1. The minimum atomic E-state index is -0.658. The summed E-state index contributed by atoms with van der Waals surface area (Å²) in [5.74, 6) is 0.109. The number of alkyl halides is 1. The normalized spacial score (nSPS) is 13.2. The highest BCUT2D eigenvalue weighted by Crippen LogP contribution is 1.91. The summed E-state index contributed by atoms with van der Waals surface area (Å²) in [6.45, 7) is 0. The van der Waals surface area contributed by atoms with Crippen LogP contribution in [0, 0.1) is 5.41 Å². The van der Waals surface area contributed by atoms with Gasteiger partial charge in [0.1, 0.15) is 0 Å². The Morgan fingerprint density at radius 3 is 2.50 bits per heavy atom. The first-order valence-corrected chi connectivity index (χ1v) is 2.77. The third-order valence-corrected chi connectivity index (χ3v) is 0.990. The number of hydrogen-bond donors (Lipinski definition) is 3. The zero-order valence-electron chi connectivity index (χ0n) is 4.39. The molecule has 0 aliphatic carbocycles. The Morgan fingerprint density at radius 1 is 1.88 bits per heavy atom. The zero-order chi connectivity index (χ0) is 6.57. The maximum Gasteiger partial charge on any atom is 0.0931 e. The fraction of sp³-hybridized carbons (Fsp3) is 0.750. The molecule has 3 nitrogen and oxygen atoms in total. The summed E-state index contributed by atoms with van der Waals surface area (Å²) in [6.07, 6.45) is -0.488. The fourth-order valence-corrected chi connectivity index (χ4v) is 0.418. The van der Waals surface area contributed by atoms with E-state index in [-0.39, 0.29) is 18.1 Å². The lowest BCUT2D eigenvalue weighted by molar-refractivity contribution is 0.206. The molecule has 8 heavy (non-hydrogen) atoms. The minimum Gasteiger partial charge on any atom is -0.391 e. The van der Waals surface area contributed by atoms with Gasteiger partial charge < -0.3 is 10.8 Å². The largest absolute Gasteiger partial charge is 0.391 e. The summed E-state index contributed by atoms with van der Waals surface area (Å²) in [7, 11) is 0. The van der Waals surface area contributed by atoms with Gasteiger partial charge in [0.25, 0.3) is 0 Å². The fourth-order valence-electron chi connectivity index (χ4n) is 0.308. The number of halogens is 1. The maximum absolute atomic E-state index is 8.68. The molecule has 0 saturated carbocycles. The molecule has 4 heteroatoms. The molecule has 0 aliphatic rings. The van der Waals surface area contributed by atoms with Crippen molar-refractivity contribution in [3.63, 3.8) is 0 Å². The van der Waals surface area contributed by atoms with Gasteiger partial charge >= 0.3 is 0 Å². The number of rotatable bonds is 3. The molecule has 0 rings (SSSR count). The highest BCUT2D eigenvalue weighted by Gasteiger charge is 2.01. The average molecular weight is 137 g/mol.